The van der Waals surface area contributed by atoms with Crippen LogP contribution in [0.3, 0.4) is 0 Å². The van der Waals surface area contributed by atoms with Crippen LogP contribution in [0, 0.1) is 28.0 Å². The van der Waals surface area contributed by atoms with Crippen LogP contribution in [0.5, 0.6) is 0 Å². The predicted octanol–water partition coefficient (Wildman–Crippen LogP) is 9.07. The summed E-state index contributed by atoms with van der Waals surface area (Å²) in [7, 11) is 0. The van der Waals surface area contributed by atoms with Crippen LogP contribution in [0.25, 0.3) is 11.3 Å². The monoisotopic (exact) mass is 916 g/mol. The second kappa shape index (κ2) is 18.7. The minimum atomic E-state index is -1.24. The van der Waals surface area contributed by atoms with Gasteiger partial charge in [-0.25, -0.2) is 22.0 Å². The summed E-state index contributed by atoms with van der Waals surface area (Å²) in [5.74, 6) is -2.92. The number of carboxylic acid groups (broad SMARTS) is 1. The largest absolute Gasteiger partial charge is 0.481 e. The van der Waals surface area contributed by atoms with E-state index in [1.54, 1.807) is 44.2 Å². The maximum atomic E-state index is 13.9. The number of nitrogens with two attached hydrogens (primary N) is 1. The lowest BCUT2D eigenvalue weighted by molar-refractivity contribution is -0.170. The highest BCUT2D eigenvalue weighted by Crippen LogP contribution is 2.53. The quantitative estimate of drug-likeness (QED) is 0.184. The zero-order valence-corrected chi connectivity index (χ0v) is 38.5. The predicted molar refractivity (Wildman–Crippen MR) is 225 cm³/mol. The Morgan fingerprint density at radius 3 is 1.76 bits per heavy atom. The number of carboxylic acids is 1. The van der Waals surface area contributed by atoms with Crippen molar-refractivity contribution >= 4 is 41.3 Å². The summed E-state index contributed by atoms with van der Waals surface area (Å²) in [6.45, 7) is 16.6. The molecule has 352 valence electrons. The minimum Gasteiger partial charge on any atom is -0.481 e. The van der Waals surface area contributed by atoms with Crippen LogP contribution >= 0.6 is 11.6 Å². The van der Waals surface area contributed by atoms with Crippen molar-refractivity contribution in [3.63, 3.8) is 0 Å². The Hall–Kier alpha value is -4.28. The highest BCUT2D eigenvalue weighted by molar-refractivity contribution is 6.31. The summed E-state index contributed by atoms with van der Waals surface area (Å²) in [6, 6.07) is 4.08. The molecule has 1 aliphatic heterocycles. The summed E-state index contributed by atoms with van der Waals surface area (Å²) in [5, 5.41) is 12.9. The SMILES string of the molecule is CC1(F)CC(C)(C(=O)O)C1.CC1(F)CC(C)(CC(=O)N2CCn3nc(-c4ccc(F)c(Cl)c4)c(C(N)=O)c3C2)C1.CCOC(=O)C1(C)CC(C)(F)C1.CCOC(=O)C1CC(C)(F)C1. The molecule has 0 saturated heterocycles. The summed E-state index contributed by atoms with van der Waals surface area (Å²) < 4.78 is 77.4. The third-order valence-electron chi connectivity index (χ3n) is 12.2. The van der Waals surface area contributed by atoms with E-state index in [2.05, 4.69) is 5.10 Å². The van der Waals surface area contributed by atoms with Gasteiger partial charge in [-0.15, -0.1) is 0 Å². The first-order valence-electron chi connectivity index (χ1n) is 21.2. The smallest absolute Gasteiger partial charge is 0.312 e. The molecule has 2 amide bonds. The summed E-state index contributed by atoms with van der Waals surface area (Å²) in [5.41, 5.74) is 0.679. The number of primary amides is 1. The van der Waals surface area contributed by atoms with Gasteiger partial charge >= 0.3 is 17.9 Å². The molecule has 0 radical (unpaired) electrons. The van der Waals surface area contributed by atoms with Gasteiger partial charge in [0.1, 0.15) is 34.2 Å². The van der Waals surface area contributed by atoms with Crippen molar-refractivity contribution in [2.24, 2.45) is 27.9 Å². The molecule has 3 N–H and O–H groups in total. The zero-order valence-electron chi connectivity index (χ0n) is 37.7. The van der Waals surface area contributed by atoms with Gasteiger partial charge < -0.3 is 25.2 Å². The summed E-state index contributed by atoms with van der Waals surface area (Å²) in [6.07, 6.45) is 2.51. The maximum absolute atomic E-state index is 13.9. The van der Waals surface area contributed by atoms with E-state index in [9.17, 15) is 45.9 Å². The molecule has 1 aromatic carbocycles. The molecule has 2 aromatic rings. The van der Waals surface area contributed by atoms with Crippen molar-refractivity contribution in [2.45, 2.75) is 156 Å². The molecule has 0 spiro atoms. The number of carbonyl (C=O) groups is 5. The Morgan fingerprint density at radius 1 is 0.810 bits per heavy atom. The van der Waals surface area contributed by atoms with Crippen LogP contribution in [-0.4, -0.2) is 91.9 Å². The number of rotatable bonds is 9. The van der Waals surface area contributed by atoms with Crippen molar-refractivity contribution in [3.8, 4) is 11.3 Å². The lowest BCUT2D eigenvalue weighted by Crippen LogP contribution is -2.50. The van der Waals surface area contributed by atoms with Gasteiger partial charge in [-0.3, -0.25) is 28.7 Å². The number of nitrogens with zero attached hydrogens (tertiary/aromatic N) is 3. The van der Waals surface area contributed by atoms with Crippen LogP contribution in [0.2, 0.25) is 5.02 Å². The van der Waals surface area contributed by atoms with Gasteiger partial charge in [0.2, 0.25) is 5.91 Å². The molecule has 63 heavy (non-hydrogen) atoms. The van der Waals surface area contributed by atoms with Crippen molar-refractivity contribution in [1.82, 2.24) is 14.7 Å². The minimum absolute atomic E-state index is 0.0813. The van der Waals surface area contributed by atoms with Crippen LogP contribution in [0.1, 0.15) is 136 Å². The topological polar surface area (TPSA) is 171 Å². The third-order valence-corrected chi connectivity index (χ3v) is 12.5. The Bertz CT molecular complexity index is 2040. The molecule has 1 aromatic heterocycles. The van der Waals surface area contributed by atoms with Crippen LogP contribution < -0.4 is 5.73 Å². The number of aromatic nitrogens is 2. The molecule has 4 fully saturated rings. The van der Waals surface area contributed by atoms with E-state index < -0.39 is 51.2 Å². The third kappa shape index (κ3) is 12.7. The Kier molecular flexibility index (Phi) is 15.2. The summed E-state index contributed by atoms with van der Waals surface area (Å²) in [4.78, 5) is 59.3. The number of fused-ring (bicyclic) bond motifs is 1. The lowest BCUT2D eigenvalue weighted by atomic mass is 9.60. The van der Waals surface area contributed by atoms with Gasteiger partial charge in [-0.05, 0) is 130 Å². The van der Waals surface area contributed by atoms with Crippen molar-refractivity contribution in [2.75, 3.05) is 19.8 Å². The molecule has 0 atom stereocenters. The average molecular weight is 917 g/mol. The molecule has 2 heterocycles. The van der Waals surface area contributed by atoms with E-state index in [0.717, 1.165) is 0 Å². The molecular weight excluding hydrogens is 855 g/mol. The number of hydrogen-bond donors (Lipinski definition) is 2. The number of ether oxygens (including phenoxy) is 2. The van der Waals surface area contributed by atoms with Gasteiger partial charge in [0.15, 0.2) is 0 Å². The second-order valence-electron chi connectivity index (χ2n) is 19.9. The molecule has 18 heteroatoms. The number of benzene rings is 1. The highest BCUT2D eigenvalue weighted by atomic mass is 35.5. The molecule has 4 saturated carbocycles. The van der Waals surface area contributed by atoms with E-state index in [0.29, 0.717) is 81.8 Å². The molecule has 12 nitrogen and oxygen atoms in total. The standard InChI is InChI=1S/C21H23ClF2N4O2.C9H15FO2.C8H13FO2.C7H11FO2/c1-20(10-21(2,24)11-20)8-16(29)27-5-6-28-15(9-27)17(19(25)30)18(26-28)12-3-4-14(23)13(22)7-12;1-4-12-7(11)8(2)5-9(3,10)6-8;1-3-11-7(10)6-4-8(2,9)5-6;1-6(5(9)10)3-7(2,8)4-6/h3-4,7H,5-6,8-11H2,1-2H3,(H2,25,30);4-6H2,1-3H3;6H,3-5H2,1-2H3;3-4H2,1-2H3,(H,9,10). The first kappa shape index (κ1) is 51.4. The van der Waals surface area contributed by atoms with Crippen LogP contribution in [0.4, 0.5) is 22.0 Å². The fourth-order valence-corrected chi connectivity index (χ4v) is 10.3. The zero-order chi connectivity index (χ0) is 47.7. The number of hydrogen-bond acceptors (Lipinski definition) is 8. The number of halogens is 6. The number of esters is 2. The van der Waals surface area contributed by atoms with E-state index in [4.69, 9.17) is 31.9 Å². The van der Waals surface area contributed by atoms with Crippen LogP contribution in [-0.2, 0) is 41.7 Å². The van der Waals surface area contributed by atoms with Gasteiger partial charge in [0, 0.05) is 18.5 Å². The first-order valence-corrected chi connectivity index (χ1v) is 21.6. The Labute approximate surface area is 370 Å². The van der Waals surface area contributed by atoms with Gasteiger partial charge in [-0.2, -0.15) is 5.10 Å². The number of alkyl halides is 4. The lowest BCUT2D eigenvalue weighted by Gasteiger charge is -2.48. The van der Waals surface area contributed by atoms with E-state index in [1.165, 1.54) is 39.0 Å². The van der Waals surface area contributed by atoms with Crippen molar-refractivity contribution in [3.05, 3.63) is 40.3 Å². The highest BCUT2D eigenvalue weighted by Gasteiger charge is 2.56. The van der Waals surface area contributed by atoms with Gasteiger partial charge in [0.25, 0.3) is 5.91 Å². The van der Waals surface area contributed by atoms with E-state index in [1.807, 2.05) is 6.92 Å². The molecular formula is C45H62ClF5N4O8. The van der Waals surface area contributed by atoms with Crippen molar-refractivity contribution < 1.29 is 60.5 Å². The summed E-state index contributed by atoms with van der Waals surface area (Å²) >= 11 is 5.88. The molecule has 4 aliphatic carbocycles. The van der Waals surface area contributed by atoms with Gasteiger partial charge in [0.05, 0.1) is 59.3 Å². The van der Waals surface area contributed by atoms with Crippen LogP contribution in [0.15, 0.2) is 18.2 Å². The average Bonchev–Trinajstić information content (AvgIpc) is 3.49. The van der Waals surface area contributed by atoms with E-state index in [-0.39, 0.29) is 65.6 Å². The maximum Gasteiger partial charge on any atom is 0.312 e. The Balaban J connectivity index is 0.000000216. The number of amides is 2. The van der Waals surface area contributed by atoms with Crippen molar-refractivity contribution in [1.29, 1.82) is 0 Å². The molecule has 0 bridgehead atoms. The molecule has 5 aliphatic rings. The number of carbonyl (C=O) groups excluding carboxylic acids is 4. The van der Waals surface area contributed by atoms with E-state index >= 15 is 0 Å². The second-order valence-corrected chi connectivity index (χ2v) is 20.3. The fourth-order valence-electron chi connectivity index (χ4n) is 10.1. The van der Waals surface area contributed by atoms with Gasteiger partial charge in [-0.1, -0.05) is 18.5 Å². The first-order chi connectivity index (χ1) is 28.8. The Morgan fingerprint density at radius 2 is 1.33 bits per heavy atom. The molecule has 0 unspecified atom stereocenters. The number of aliphatic carboxylic acids is 1. The fraction of sp³-hybridized carbons (Fsp3) is 0.689. The normalized spacial score (nSPS) is 33.5. The molecule has 7 rings (SSSR count).